The van der Waals surface area contributed by atoms with Gasteiger partial charge in [0.25, 0.3) is 11.7 Å². The van der Waals surface area contributed by atoms with Gasteiger partial charge < -0.3 is 43.9 Å². The first-order chi connectivity index (χ1) is 30.9. The van der Waals surface area contributed by atoms with Crippen molar-refractivity contribution in [2.75, 3.05) is 27.4 Å². The lowest BCUT2D eigenvalue weighted by Crippen LogP contribution is -2.64. The third kappa shape index (κ3) is 12.9. The molecule has 5 rings (SSSR count). The smallest absolute Gasteiger partial charge is 0.329 e. The van der Waals surface area contributed by atoms with Crippen LogP contribution >= 0.6 is 0 Å². The maximum absolute atomic E-state index is 16.3. The van der Waals surface area contributed by atoms with Crippen molar-refractivity contribution in [3.63, 3.8) is 0 Å². The molecule has 2 saturated heterocycles. The minimum atomic E-state index is -2.62. The lowest BCUT2D eigenvalue weighted by atomic mass is 9.81. The zero-order chi connectivity index (χ0) is 47.6. The van der Waals surface area contributed by atoms with Crippen LogP contribution in [0.25, 0.3) is 6.08 Å². The van der Waals surface area contributed by atoms with Crippen LogP contribution in [0.2, 0.25) is 0 Å². The number of piperidine rings is 1. The van der Waals surface area contributed by atoms with Gasteiger partial charge in [0.15, 0.2) is 0 Å². The number of aliphatic hydroxyl groups excluding tert-OH is 2. The number of allylic oxidation sites excluding steroid dienone is 3. The average molecular weight is 912 g/mol. The number of Topliss-reactive ketones (excluding diaryl/α,β-unsaturated/α-hetero) is 2. The highest BCUT2D eigenvalue weighted by Crippen LogP contribution is 2.40. The zero-order valence-corrected chi connectivity index (χ0v) is 39.6. The van der Waals surface area contributed by atoms with Crippen LogP contribution in [-0.4, -0.2) is 132 Å². The number of cyclic esters (lactones) is 1. The highest BCUT2D eigenvalue weighted by molar-refractivity contribution is 6.39. The maximum Gasteiger partial charge on any atom is 0.329 e. The second-order valence-corrected chi connectivity index (χ2v) is 19.0. The van der Waals surface area contributed by atoms with E-state index in [1.165, 1.54) is 14.2 Å². The van der Waals surface area contributed by atoms with Gasteiger partial charge in [0, 0.05) is 44.9 Å². The van der Waals surface area contributed by atoms with Crippen molar-refractivity contribution < 1.29 is 62.6 Å². The van der Waals surface area contributed by atoms with E-state index in [4.69, 9.17) is 23.7 Å². The van der Waals surface area contributed by atoms with Gasteiger partial charge in [-0.1, -0.05) is 82.3 Å². The minimum Gasteiger partial charge on any atom is -0.456 e. The summed E-state index contributed by atoms with van der Waals surface area (Å²) in [7, 11) is 2.88. The molecule has 1 amide bonds. The standard InChI is InChI=1S/C51H74FNO12/c1-9-37-25-30(2)45(52)31(3)26-43(61-7)47-44(62-8)27-33(5)51(60,65-47)48(57)49(58)53-22-14-13-19-38(53)50(59)64-46(34(6)40(55)29-41(37)56)32(4)24-36-20-21-39(54)42(28-36)63-23-15-18-35-16-11-10-12-17-35/h10-12,15-18,24-25,31,33-34,36-40,42-47,54-55,60H,9,13-14,19-23,26-29H2,1-8H3/b18-15?,30-25+,32-24?. The summed E-state index contributed by atoms with van der Waals surface area (Å²) in [5, 5.41) is 34.8. The molecule has 3 fully saturated rings. The number of alkyl halides is 1. The molecule has 362 valence electrons. The van der Waals surface area contributed by atoms with Crippen LogP contribution < -0.4 is 0 Å². The number of rotatable bonds is 9. The Labute approximate surface area is 384 Å². The Hall–Kier alpha value is -3.63. The Morgan fingerprint density at radius 3 is 2.31 bits per heavy atom. The number of carbonyl (C=O) groups excluding carboxylic acids is 4. The molecule has 3 N–H and O–H groups in total. The highest BCUT2D eigenvalue weighted by Gasteiger charge is 2.57. The van der Waals surface area contributed by atoms with Crippen molar-refractivity contribution in [1.29, 1.82) is 0 Å². The van der Waals surface area contributed by atoms with Gasteiger partial charge in [-0.25, -0.2) is 9.18 Å². The number of hydrogen-bond donors (Lipinski definition) is 3. The van der Waals surface area contributed by atoms with Crippen LogP contribution in [-0.2, 0) is 42.9 Å². The predicted molar refractivity (Wildman–Crippen MR) is 243 cm³/mol. The Bertz CT molecular complexity index is 1850. The van der Waals surface area contributed by atoms with E-state index in [2.05, 4.69) is 0 Å². The Kier molecular flexibility index (Phi) is 19.2. The van der Waals surface area contributed by atoms with E-state index in [-0.39, 0.29) is 43.9 Å². The summed E-state index contributed by atoms with van der Waals surface area (Å²) in [6, 6.07) is 8.62. The van der Waals surface area contributed by atoms with Gasteiger partial charge in [-0.3, -0.25) is 14.4 Å². The summed E-state index contributed by atoms with van der Waals surface area (Å²) >= 11 is 0. The number of ketones is 2. The molecule has 0 radical (unpaired) electrons. The van der Waals surface area contributed by atoms with E-state index < -0.39 is 102 Å². The summed E-state index contributed by atoms with van der Waals surface area (Å²) < 4.78 is 46.5. The maximum atomic E-state index is 16.3. The highest BCUT2D eigenvalue weighted by atomic mass is 19.1. The van der Waals surface area contributed by atoms with Crippen LogP contribution in [0.1, 0.15) is 111 Å². The number of nitrogens with zero attached hydrogens (tertiary/aromatic N) is 1. The fourth-order valence-corrected chi connectivity index (χ4v) is 10.1. The number of esters is 1. The van der Waals surface area contributed by atoms with E-state index in [0.29, 0.717) is 56.3 Å². The van der Waals surface area contributed by atoms with Gasteiger partial charge in [-0.2, -0.15) is 0 Å². The molecular weight excluding hydrogens is 838 g/mol. The Balaban J connectivity index is 1.48. The fraction of sp³-hybridized carbons (Fsp3) is 0.686. The molecule has 3 heterocycles. The van der Waals surface area contributed by atoms with Gasteiger partial charge in [-0.05, 0) is 100 Å². The zero-order valence-electron chi connectivity index (χ0n) is 39.6. The predicted octanol–water partition coefficient (Wildman–Crippen LogP) is 6.50. The topological polar surface area (TPSA) is 178 Å². The van der Waals surface area contributed by atoms with Gasteiger partial charge >= 0.3 is 5.97 Å². The first kappa shape index (κ1) is 52.3. The number of halogens is 1. The second-order valence-electron chi connectivity index (χ2n) is 19.0. The van der Waals surface area contributed by atoms with Crippen molar-refractivity contribution in [2.24, 2.45) is 29.6 Å². The molecule has 13 nitrogen and oxygen atoms in total. The molecule has 1 aliphatic carbocycles. The average Bonchev–Trinajstić information content (AvgIpc) is 3.30. The minimum absolute atomic E-state index is 0.0400. The van der Waals surface area contributed by atoms with Gasteiger partial charge in [0.05, 0.1) is 37.1 Å². The van der Waals surface area contributed by atoms with Crippen LogP contribution in [0.4, 0.5) is 4.39 Å². The number of benzene rings is 1. The van der Waals surface area contributed by atoms with Crippen LogP contribution in [0.5, 0.6) is 0 Å². The van der Waals surface area contributed by atoms with Gasteiger partial charge in [-0.15, -0.1) is 0 Å². The third-order valence-electron chi connectivity index (χ3n) is 14.3. The number of ether oxygens (including phenoxy) is 5. The van der Waals surface area contributed by atoms with Crippen LogP contribution in [0, 0.1) is 29.6 Å². The van der Waals surface area contributed by atoms with Crippen LogP contribution in [0.15, 0.2) is 59.7 Å². The molecular formula is C51H74FNO12. The van der Waals surface area contributed by atoms with E-state index in [1.807, 2.05) is 55.5 Å². The summed E-state index contributed by atoms with van der Waals surface area (Å²) in [5.74, 6) is -9.25. The summed E-state index contributed by atoms with van der Waals surface area (Å²) in [6.45, 7) is 10.5. The Morgan fingerprint density at radius 2 is 1.63 bits per heavy atom. The normalized spacial score (nSPS) is 38.7. The van der Waals surface area contributed by atoms with Gasteiger partial charge in [0.2, 0.25) is 5.79 Å². The molecule has 15 unspecified atom stereocenters. The first-order valence-electron chi connectivity index (χ1n) is 23.7. The monoisotopic (exact) mass is 912 g/mol. The molecule has 1 aromatic rings. The number of carbonyl (C=O) groups is 4. The third-order valence-corrected chi connectivity index (χ3v) is 14.3. The molecule has 14 heteroatoms. The van der Waals surface area contributed by atoms with E-state index in [1.54, 1.807) is 40.7 Å². The second kappa shape index (κ2) is 23.9. The molecule has 4 aliphatic rings. The molecule has 1 saturated carbocycles. The molecule has 1 aromatic carbocycles. The van der Waals surface area contributed by atoms with Crippen molar-refractivity contribution in [3.8, 4) is 0 Å². The fourth-order valence-electron chi connectivity index (χ4n) is 10.1. The molecule has 15 atom stereocenters. The van der Waals surface area contributed by atoms with Crippen molar-refractivity contribution >= 4 is 29.5 Å². The van der Waals surface area contributed by atoms with Crippen molar-refractivity contribution in [1.82, 2.24) is 4.90 Å². The quantitative estimate of drug-likeness (QED) is 0.139. The van der Waals surface area contributed by atoms with E-state index in [9.17, 15) is 34.5 Å². The summed E-state index contributed by atoms with van der Waals surface area (Å²) in [4.78, 5) is 58.2. The first-order valence-corrected chi connectivity index (χ1v) is 23.7. The van der Waals surface area contributed by atoms with Crippen molar-refractivity contribution in [3.05, 3.63) is 65.3 Å². The lowest BCUT2D eigenvalue weighted by molar-refractivity contribution is -0.302. The van der Waals surface area contributed by atoms with E-state index >= 15 is 4.39 Å². The SMILES string of the molecule is CCC1/C=C(\C)C(F)C(C)CC(OC)C2OC(O)(C(=O)C(=O)N3CCCCC3C(=O)OC(C(C)=CC3CCC(O)C(OCC=Cc4ccccc4)C3)C(C)C(O)CC1=O)C(C)CC2OC. The molecule has 0 spiro atoms. The Morgan fingerprint density at radius 1 is 0.938 bits per heavy atom. The van der Waals surface area contributed by atoms with Crippen LogP contribution in [0.3, 0.4) is 0 Å². The lowest BCUT2D eigenvalue weighted by Gasteiger charge is -2.47. The number of methoxy groups -OCH3 is 2. The molecule has 3 aliphatic heterocycles. The summed E-state index contributed by atoms with van der Waals surface area (Å²) in [6.07, 6.45) is 2.90. The molecule has 65 heavy (non-hydrogen) atoms. The van der Waals surface area contributed by atoms with E-state index in [0.717, 1.165) is 10.5 Å². The summed E-state index contributed by atoms with van der Waals surface area (Å²) in [5.41, 5.74) is 1.96. The van der Waals surface area contributed by atoms with Gasteiger partial charge in [0.1, 0.15) is 30.2 Å². The number of amides is 1. The largest absolute Gasteiger partial charge is 0.456 e. The number of fused-ring (bicyclic) bond motifs is 3. The molecule has 0 aromatic heterocycles. The number of aliphatic hydroxyl groups is 3. The number of hydrogen-bond acceptors (Lipinski definition) is 12. The van der Waals surface area contributed by atoms with Crippen molar-refractivity contribution in [2.45, 2.75) is 166 Å². The molecule has 2 bridgehead atoms.